The van der Waals surface area contributed by atoms with E-state index in [0.29, 0.717) is 17.1 Å². The van der Waals surface area contributed by atoms with Crippen LogP contribution < -0.4 is 5.32 Å². The van der Waals surface area contributed by atoms with Gasteiger partial charge in [-0.1, -0.05) is 0 Å². The Bertz CT molecular complexity index is 530. The molecule has 1 unspecified atom stereocenters. The highest BCUT2D eigenvalue weighted by atomic mass is 32.1. The first-order valence-corrected chi connectivity index (χ1v) is 6.57. The first kappa shape index (κ1) is 12.9. The summed E-state index contributed by atoms with van der Waals surface area (Å²) in [6.45, 7) is 3.74. The molecule has 18 heavy (non-hydrogen) atoms. The predicted molar refractivity (Wildman–Crippen MR) is 69.8 cm³/mol. The van der Waals surface area contributed by atoms with Crippen molar-refractivity contribution in [2.24, 2.45) is 0 Å². The van der Waals surface area contributed by atoms with Crippen molar-refractivity contribution < 1.29 is 14.3 Å². The van der Waals surface area contributed by atoms with Crippen LogP contribution in [0.5, 0.6) is 0 Å². The molecule has 5 heteroatoms. The quantitative estimate of drug-likeness (QED) is 0.892. The second-order valence-electron chi connectivity index (χ2n) is 4.11. The van der Waals surface area contributed by atoms with E-state index in [0.717, 1.165) is 5.56 Å². The molecule has 0 fully saturated rings. The van der Waals surface area contributed by atoms with Gasteiger partial charge in [0.1, 0.15) is 11.5 Å². The van der Waals surface area contributed by atoms with Crippen LogP contribution in [0.2, 0.25) is 0 Å². The lowest BCUT2D eigenvalue weighted by Gasteiger charge is -2.10. The molecule has 2 rings (SSSR count). The SMILES string of the molecule is Cc1cc(C(=O)NCC(O)c2ccsc2)c(C)o1. The Hall–Kier alpha value is -1.59. The van der Waals surface area contributed by atoms with Gasteiger partial charge in [-0.25, -0.2) is 0 Å². The number of aliphatic hydroxyl groups is 1. The van der Waals surface area contributed by atoms with Crippen LogP contribution in [0.3, 0.4) is 0 Å². The van der Waals surface area contributed by atoms with E-state index in [4.69, 9.17) is 4.42 Å². The zero-order chi connectivity index (χ0) is 13.1. The molecular weight excluding hydrogens is 250 g/mol. The molecule has 0 saturated heterocycles. The molecule has 0 bridgehead atoms. The molecule has 2 N–H and O–H groups in total. The fourth-order valence-electron chi connectivity index (χ4n) is 1.72. The van der Waals surface area contributed by atoms with E-state index < -0.39 is 6.10 Å². The van der Waals surface area contributed by atoms with Gasteiger partial charge >= 0.3 is 0 Å². The average molecular weight is 265 g/mol. The minimum absolute atomic E-state index is 0.194. The number of thiophene rings is 1. The molecule has 4 nitrogen and oxygen atoms in total. The fraction of sp³-hybridized carbons (Fsp3) is 0.308. The second-order valence-corrected chi connectivity index (χ2v) is 4.89. The van der Waals surface area contributed by atoms with E-state index in [1.54, 1.807) is 19.9 Å². The monoisotopic (exact) mass is 265 g/mol. The van der Waals surface area contributed by atoms with Crippen molar-refractivity contribution in [1.82, 2.24) is 5.32 Å². The number of hydrogen-bond donors (Lipinski definition) is 2. The van der Waals surface area contributed by atoms with Crippen molar-refractivity contribution in [3.05, 3.63) is 45.5 Å². The van der Waals surface area contributed by atoms with Crippen molar-refractivity contribution >= 4 is 17.2 Å². The van der Waals surface area contributed by atoms with Gasteiger partial charge in [0.15, 0.2) is 0 Å². The Morgan fingerprint density at radius 2 is 2.33 bits per heavy atom. The third-order valence-electron chi connectivity index (χ3n) is 2.67. The van der Waals surface area contributed by atoms with Gasteiger partial charge in [0.05, 0.1) is 11.7 Å². The molecule has 2 aromatic heterocycles. The smallest absolute Gasteiger partial charge is 0.254 e. The Kier molecular flexibility index (Phi) is 3.84. The summed E-state index contributed by atoms with van der Waals surface area (Å²) in [5.74, 6) is 1.07. The summed E-state index contributed by atoms with van der Waals surface area (Å²) < 4.78 is 5.29. The lowest BCUT2D eigenvalue weighted by atomic mass is 10.2. The highest BCUT2D eigenvalue weighted by molar-refractivity contribution is 7.07. The molecule has 0 aromatic carbocycles. The summed E-state index contributed by atoms with van der Waals surface area (Å²) in [7, 11) is 0. The lowest BCUT2D eigenvalue weighted by Crippen LogP contribution is -2.28. The zero-order valence-corrected chi connectivity index (χ0v) is 11.1. The minimum Gasteiger partial charge on any atom is -0.466 e. The maximum atomic E-state index is 11.9. The molecule has 0 spiro atoms. The van der Waals surface area contributed by atoms with Crippen LogP contribution in [0.25, 0.3) is 0 Å². The molecule has 96 valence electrons. The molecule has 0 saturated carbocycles. The van der Waals surface area contributed by atoms with Gasteiger partial charge in [-0.15, -0.1) is 0 Å². The maximum absolute atomic E-state index is 11.9. The van der Waals surface area contributed by atoms with Crippen molar-refractivity contribution in [2.75, 3.05) is 6.54 Å². The highest BCUT2D eigenvalue weighted by Gasteiger charge is 2.15. The summed E-state index contributed by atoms with van der Waals surface area (Å²) in [6, 6.07) is 3.54. The van der Waals surface area contributed by atoms with Crippen LogP contribution in [0.1, 0.15) is 33.5 Å². The Balaban J connectivity index is 1.94. The molecule has 0 aliphatic heterocycles. The van der Waals surface area contributed by atoms with Crippen LogP contribution in [-0.4, -0.2) is 17.6 Å². The average Bonchev–Trinajstić information content (AvgIpc) is 2.95. The number of aliphatic hydroxyl groups excluding tert-OH is 1. The number of amides is 1. The van der Waals surface area contributed by atoms with E-state index in [1.165, 1.54) is 11.3 Å². The number of rotatable bonds is 4. The summed E-state index contributed by atoms with van der Waals surface area (Å²) in [4.78, 5) is 11.9. The summed E-state index contributed by atoms with van der Waals surface area (Å²) in [5, 5.41) is 16.3. The molecule has 1 amide bonds. The highest BCUT2D eigenvalue weighted by Crippen LogP contribution is 2.16. The van der Waals surface area contributed by atoms with Crippen LogP contribution in [0.4, 0.5) is 0 Å². The second kappa shape index (κ2) is 5.37. The van der Waals surface area contributed by atoms with Gasteiger partial charge < -0.3 is 14.8 Å². The van der Waals surface area contributed by atoms with Gasteiger partial charge in [-0.3, -0.25) is 4.79 Å². The fourth-order valence-corrected chi connectivity index (χ4v) is 2.43. The molecule has 0 radical (unpaired) electrons. The number of furan rings is 1. The van der Waals surface area contributed by atoms with E-state index >= 15 is 0 Å². The van der Waals surface area contributed by atoms with Gasteiger partial charge in [-0.05, 0) is 42.3 Å². The molecule has 1 atom stereocenters. The largest absolute Gasteiger partial charge is 0.466 e. The van der Waals surface area contributed by atoms with Crippen molar-refractivity contribution in [2.45, 2.75) is 20.0 Å². The number of hydrogen-bond acceptors (Lipinski definition) is 4. The van der Waals surface area contributed by atoms with E-state index in [2.05, 4.69) is 5.32 Å². The lowest BCUT2D eigenvalue weighted by molar-refractivity contribution is 0.0915. The van der Waals surface area contributed by atoms with E-state index in [1.807, 2.05) is 16.8 Å². The van der Waals surface area contributed by atoms with Gasteiger partial charge in [0.2, 0.25) is 0 Å². The first-order chi connectivity index (χ1) is 8.58. The first-order valence-electron chi connectivity index (χ1n) is 5.63. The summed E-state index contributed by atoms with van der Waals surface area (Å²) in [6.07, 6.45) is -0.673. The number of nitrogens with one attached hydrogen (secondary N) is 1. The molecule has 2 heterocycles. The third kappa shape index (κ3) is 2.80. The Labute approximate surface area is 109 Å². The van der Waals surface area contributed by atoms with Gasteiger partial charge in [0.25, 0.3) is 5.91 Å². The normalized spacial score (nSPS) is 12.4. The van der Waals surface area contributed by atoms with Crippen molar-refractivity contribution in [1.29, 1.82) is 0 Å². The molecule has 2 aromatic rings. The standard InChI is InChI=1S/C13H15NO3S/c1-8-5-11(9(2)17-8)13(16)14-6-12(15)10-3-4-18-7-10/h3-5,7,12,15H,6H2,1-2H3,(H,14,16). The summed E-state index contributed by atoms with van der Waals surface area (Å²) >= 11 is 1.52. The van der Waals surface area contributed by atoms with Gasteiger partial charge in [-0.2, -0.15) is 11.3 Å². The van der Waals surface area contributed by atoms with Crippen LogP contribution in [0, 0.1) is 13.8 Å². The Morgan fingerprint density at radius 1 is 1.56 bits per heavy atom. The van der Waals surface area contributed by atoms with Crippen molar-refractivity contribution in [3.63, 3.8) is 0 Å². The molecule has 0 aliphatic carbocycles. The minimum atomic E-state index is -0.673. The number of carbonyl (C=O) groups is 1. The topological polar surface area (TPSA) is 62.5 Å². The number of aryl methyl sites for hydroxylation is 2. The van der Waals surface area contributed by atoms with Crippen LogP contribution in [-0.2, 0) is 0 Å². The zero-order valence-electron chi connectivity index (χ0n) is 10.3. The van der Waals surface area contributed by atoms with Crippen molar-refractivity contribution in [3.8, 4) is 0 Å². The molecular formula is C13H15NO3S. The Morgan fingerprint density at radius 3 is 2.89 bits per heavy atom. The van der Waals surface area contributed by atoms with Crippen LogP contribution >= 0.6 is 11.3 Å². The van der Waals surface area contributed by atoms with Crippen LogP contribution in [0.15, 0.2) is 27.3 Å². The number of carbonyl (C=O) groups excluding carboxylic acids is 1. The maximum Gasteiger partial charge on any atom is 0.254 e. The van der Waals surface area contributed by atoms with Gasteiger partial charge in [0, 0.05) is 6.54 Å². The van der Waals surface area contributed by atoms with E-state index in [-0.39, 0.29) is 12.5 Å². The van der Waals surface area contributed by atoms with E-state index in [9.17, 15) is 9.90 Å². The predicted octanol–water partition coefficient (Wildman–Crippen LogP) is 2.42. The summed E-state index contributed by atoms with van der Waals surface area (Å²) in [5.41, 5.74) is 1.34. The third-order valence-corrected chi connectivity index (χ3v) is 3.37. The molecule has 0 aliphatic rings.